The summed E-state index contributed by atoms with van der Waals surface area (Å²) in [4.78, 5) is 11.8. The molecule has 0 aliphatic rings. The molecule has 2 aromatic rings. The highest BCUT2D eigenvalue weighted by atomic mass is 35.5. The summed E-state index contributed by atoms with van der Waals surface area (Å²) >= 11 is 5.75. The van der Waals surface area contributed by atoms with Crippen molar-refractivity contribution in [3.8, 4) is 5.75 Å². The molecule has 0 saturated carbocycles. The van der Waals surface area contributed by atoms with Gasteiger partial charge in [-0.2, -0.15) is 5.10 Å². The monoisotopic (exact) mass is 280 g/mol. The summed E-state index contributed by atoms with van der Waals surface area (Å²) in [5.74, 6) is 0.716. The molecule has 0 unspecified atom stereocenters. The van der Waals surface area contributed by atoms with Crippen molar-refractivity contribution in [2.75, 3.05) is 18.2 Å². The number of nitrogens with one attached hydrogen (secondary N) is 1. The van der Waals surface area contributed by atoms with Crippen molar-refractivity contribution in [3.63, 3.8) is 0 Å². The van der Waals surface area contributed by atoms with Crippen LogP contribution in [0.4, 0.5) is 11.5 Å². The number of rotatable bonds is 4. The second-order valence-corrected chi connectivity index (χ2v) is 4.24. The quantitative estimate of drug-likeness (QED) is 0.894. The average Bonchev–Trinajstić information content (AvgIpc) is 2.69. The number of nitrogens with zero attached hydrogens (tertiary/aromatic N) is 2. The predicted octanol–water partition coefficient (Wildman–Crippen LogP) is 1.77. The molecule has 0 aliphatic carbocycles. The van der Waals surface area contributed by atoms with E-state index in [1.54, 1.807) is 31.4 Å². The van der Waals surface area contributed by atoms with Crippen molar-refractivity contribution in [1.82, 2.24) is 9.78 Å². The fraction of sp³-hybridized carbons (Fsp3) is 0.167. The SMILES string of the molecule is COc1ccc(NC(=O)Cn2cc(Cl)c(N)n2)cc1. The maximum Gasteiger partial charge on any atom is 0.246 e. The Hall–Kier alpha value is -2.21. The molecule has 7 heteroatoms. The number of nitrogens with two attached hydrogens (primary N) is 1. The zero-order chi connectivity index (χ0) is 13.8. The maximum absolute atomic E-state index is 11.8. The number of methoxy groups -OCH3 is 1. The first-order chi connectivity index (χ1) is 9.08. The number of anilines is 2. The lowest BCUT2D eigenvalue weighted by molar-refractivity contribution is -0.116. The molecule has 6 nitrogen and oxygen atoms in total. The zero-order valence-corrected chi connectivity index (χ0v) is 11.0. The molecule has 19 heavy (non-hydrogen) atoms. The number of halogens is 1. The van der Waals surface area contributed by atoms with Crippen LogP contribution in [0.15, 0.2) is 30.5 Å². The number of nitrogen functional groups attached to an aromatic ring is 1. The van der Waals surface area contributed by atoms with Crippen LogP contribution < -0.4 is 15.8 Å². The highest BCUT2D eigenvalue weighted by Gasteiger charge is 2.07. The zero-order valence-electron chi connectivity index (χ0n) is 10.3. The van der Waals surface area contributed by atoms with Gasteiger partial charge in [0.25, 0.3) is 0 Å². The van der Waals surface area contributed by atoms with Gasteiger partial charge in [0.1, 0.15) is 17.3 Å². The molecule has 0 spiro atoms. The molecule has 0 aliphatic heterocycles. The van der Waals surface area contributed by atoms with Crippen LogP contribution in [0.2, 0.25) is 5.02 Å². The van der Waals surface area contributed by atoms with Gasteiger partial charge >= 0.3 is 0 Å². The fourth-order valence-electron chi connectivity index (χ4n) is 1.51. The van der Waals surface area contributed by atoms with Gasteiger partial charge in [-0.25, -0.2) is 0 Å². The van der Waals surface area contributed by atoms with E-state index < -0.39 is 0 Å². The summed E-state index contributed by atoms with van der Waals surface area (Å²) in [6.45, 7) is 0.0446. The van der Waals surface area contributed by atoms with E-state index in [4.69, 9.17) is 22.1 Å². The van der Waals surface area contributed by atoms with Crippen LogP contribution in [0.3, 0.4) is 0 Å². The molecule has 0 saturated heterocycles. The van der Waals surface area contributed by atoms with Crippen molar-refractivity contribution >= 4 is 29.0 Å². The molecule has 0 bridgehead atoms. The van der Waals surface area contributed by atoms with Crippen LogP contribution in [0.5, 0.6) is 5.75 Å². The number of ether oxygens (including phenoxy) is 1. The lowest BCUT2D eigenvalue weighted by atomic mass is 10.3. The third-order valence-corrected chi connectivity index (χ3v) is 2.71. The minimum atomic E-state index is -0.218. The van der Waals surface area contributed by atoms with Crippen molar-refractivity contribution in [1.29, 1.82) is 0 Å². The van der Waals surface area contributed by atoms with Gasteiger partial charge in [-0.05, 0) is 24.3 Å². The standard InChI is InChI=1S/C12H13ClN4O2/c1-19-9-4-2-8(3-5-9)15-11(18)7-17-6-10(13)12(14)16-17/h2-6H,7H2,1H3,(H2,14,16)(H,15,18). The van der Waals surface area contributed by atoms with Crippen molar-refractivity contribution in [3.05, 3.63) is 35.5 Å². The van der Waals surface area contributed by atoms with E-state index >= 15 is 0 Å². The first-order valence-corrected chi connectivity index (χ1v) is 5.88. The van der Waals surface area contributed by atoms with E-state index in [0.29, 0.717) is 10.7 Å². The Kier molecular flexibility index (Phi) is 3.91. The van der Waals surface area contributed by atoms with Crippen molar-refractivity contribution < 1.29 is 9.53 Å². The summed E-state index contributed by atoms with van der Waals surface area (Å²) in [6.07, 6.45) is 1.50. The third-order valence-electron chi connectivity index (χ3n) is 2.42. The van der Waals surface area contributed by atoms with Crippen LogP contribution in [-0.4, -0.2) is 22.8 Å². The lowest BCUT2D eigenvalue weighted by Gasteiger charge is -2.06. The van der Waals surface area contributed by atoms with Gasteiger partial charge in [0, 0.05) is 11.9 Å². The number of aromatic nitrogens is 2. The maximum atomic E-state index is 11.8. The lowest BCUT2D eigenvalue weighted by Crippen LogP contribution is -2.19. The Morgan fingerprint density at radius 1 is 1.47 bits per heavy atom. The minimum Gasteiger partial charge on any atom is -0.497 e. The smallest absolute Gasteiger partial charge is 0.246 e. The van der Waals surface area contributed by atoms with Gasteiger partial charge in [0.2, 0.25) is 5.91 Å². The van der Waals surface area contributed by atoms with Gasteiger partial charge in [-0.3, -0.25) is 9.48 Å². The largest absolute Gasteiger partial charge is 0.497 e. The van der Waals surface area contributed by atoms with Crippen LogP contribution in [0, 0.1) is 0 Å². The average molecular weight is 281 g/mol. The van der Waals surface area contributed by atoms with Gasteiger partial charge < -0.3 is 15.8 Å². The number of hydrogen-bond donors (Lipinski definition) is 2. The van der Waals surface area contributed by atoms with Crippen LogP contribution >= 0.6 is 11.6 Å². The topological polar surface area (TPSA) is 82.2 Å². The molecular weight excluding hydrogens is 268 g/mol. The molecule has 0 fully saturated rings. The van der Waals surface area contributed by atoms with Crippen LogP contribution in [-0.2, 0) is 11.3 Å². The van der Waals surface area contributed by atoms with E-state index in [1.807, 2.05) is 0 Å². The summed E-state index contributed by atoms with van der Waals surface area (Å²) in [5.41, 5.74) is 6.17. The summed E-state index contributed by atoms with van der Waals surface area (Å²) in [5, 5.41) is 6.96. The van der Waals surface area contributed by atoms with E-state index in [2.05, 4.69) is 10.4 Å². The first-order valence-electron chi connectivity index (χ1n) is 5.51. The Balaban J connectivity index is 1.96. The molecule has 0 atom stereocenters. The highest BCUT2D eigenvalue weighted by Crippen LogP contribution is 2.16. The Bertz CT molecular complexity index is 560. The molecule has 1 aromatic carbocycles. The van der Waals surface area contributed by atoms with Gasteiger partial charge in [-0.15, -0.1) is 0 Å². The number of carbonyl (C=O) groups is 1. The molecule has 0 radical (unpaired) electrons. The molecule has 1 aromatic heterocycles. The van der Waals surface area contributed by atoms with Crippen molar-refractivity contribution in [2.24, 2.45) is 0 Å². The normalized spacial score (nSPS) is 10.2. The summed E-state index contributed by atoms with van der Waals surface area (Å²) in [6, 6.07) is 7.03. The van der Waals surface area contributed by atoms with E-state index in [-0.39, 0.29) is 18.3 Å². The highest BCUT2D eigenvalue weighted by molar-refractivity contribution is 6.32. The molecule has 2 rings (SSSR count). The molecule has 1 amide bonds. The molecule has 100 valence electrons. The number of amides is 1. The van der Waals surface area contributed by atoms with Gasteiger partial charge in [0.15, 0.2) is 5.82 Å². The predicted molar refractivity (Wildman–Crippen MR) is 73.3 cm³/mol. The summed E-state index contributed by atoms with van der Waals surface area (Å²) in [7, 11) is 1.58. The van der Waals surface area contributed by atoms with Crippen LogP contribution in [0.25, 0.3) is 0 Å². The Morgan fingerprint density at radius 3 is 2.68 bits per heavy atom. The number of hydrogen-bond acceptors (Lipinski definition) is 4. The molecule has 1 heterocycles. The minimum absolute atomic E-state index is 0.0446. The van der Waals surface area contributed by atoms with Crippen molar-refractivity contribution in [2.45, 2.75) is 6.54 Å². The second kappa shape index (κ2) is 5.62. The van der Waals surface area contributed by atoms with Crippen LogP contribution in [0.1, 0.15) is 0 Å². The fourth-order valence-corrected chi connectivity index (χ4v) is 1.67. The molecular formula is C12H13ClN4O2. The Morgan fingerprint density at radius 2 is 2.16 bits per heavy atom. The Labute approximate surface area is 115 Å². The number of carbonyl (C=O) groups excluding carboxylic acids is 1. The molecule has 3 N–H and O–H groups in total. The van der Waals surface area contributed by atoms with Gasteiger partial charge in [-0.1, -0.05) is 11.6 Å². The first kappa shape index (κ1) is 13.2. The summed E-state index contributed by atoms with van der Waals surface area (Å²) < 4.78 is 6.42. The van der Waals surface area contributed by atoms with Gasteiger partial charge in [0.05, 0.1) is 7.11 Å². The number of benzene rings is 1. The third kappa shape index (κ3) is 3.38. The van der Waals surface area contributed by atoms with E-state index in [0.717, 1.165) is 5.75 Å². The van der Waals surface area contributed by atoms with E-state index in [9.17, 15) is 4.79 Å². The second-order valence-electron chi connectivity index (χ2n) is 3.84. The van der Waals surface area contributed by atoms with E-state index in [1.165, 1.54) is 10.9 Å².